The van der Waals surface area contributed by atoms with E-state index < -0.39 is 0 Å². The summed E-state index contributed by atoms with van der Waals surface area (Å²) in [5.41, 5.74) is 10.1. The Kier molecular flexibility index (Phi) is 9.40. The fourth-order valence-corrected chi connectivity index (χ4v) is 5.58. The lowest BCUT2D eigenvalue weighted by Gasteiger charge is -2.30. The molecule has 1 nitrogen and oxygen atoms in total. The van der Waals surface area contributed by atoms with E-state index in [0.717, 1.165) is 0 Å². The largest absolute Gasteiger partial charge is 0.303 e. The maximum atomic E-state index is 2.70. The highest BCUT2D eigenvalue weighted by molar-refractivity contribution is 5.94. The number of piperidine rings is 1. The predicted octanol–water partition coefficient (Wildman–Crippen LogP) is 8.68. The van der Waals surface area contributed by atoms with E-state index in [-0.39, 0.29) is 12.4 Å². The molecule has 1 heterocycles. The van der Waals surface area contributed by atoms with Crippen LogP contribution in [-0.2, 0) is 6.42 Å². The van der Waals surface area contributed by atoms with Crippen molar-refractivity contribution in [3.8, 4) is 0 Å². The first kappa shape index (κ1) is 25.5. The minimum Gasteiger partial charge on any atom is -0.303 e. The molecule has 1 fully saturated rings. The highest BCUT2D eigenvalue weighted by atomic mass is 35.5. The smallest absolute Gasteiger partial charge is 0.00190 e. The van der Waals surface area contributed by atoms with Gasteiger partial charge in [0, 0.05) is 13.1 Å². The summed E-state index contributed by atoms with van der Waals surface area (Å²) < 4.78 is 0. The highest BCUT2D eigenvalue weighted by Gasteiger charge is 2.22. The van der Waals surface area contributed by atoms with E-state index in [1.54, 1.807) is 5.57 Å². The van der Waals surface area contributed by atoms with Crippen LogP contribution in [0.5, 0.6) is 0 Å². The van der Waals surface area contributed by atoms with E-state index in [1.165, 1.54) is 104 Å². The van der Waals surface area contributed by atoms with Gasteiger partial charge in [0.2, 0.25) is 0 Å². The standard InChI is InChI=1S/C33H37N.ClH/c1(2-5-13-27-14-6-4-7-15-27)3-12-24-34-25-22-30(23-26-34)33-31-18-10-8-16-28(31)20-21-29-17-9-11-19-32(29)33;/h4,6-11,14-21H,1-3,5,12-13,22-26H2;1H. The Labute approximate surface area is 218 Å². The van der Waals surface area contributed by atoms with Crippen LogP contribution >= 0.6 is 12.4 Å². The third-order valence-corrected chi connectivity index (χ3v) is 7.50. The van der Waals surface area contributed by atoms with Gasteiger partial charge in [-0.15, -0.1) is 12.4 Å². The van der Waals surface area contributed by atoms with Gasteiger partial charge in [-0.25, -0.2) is 0 Å². The summed E-state index contributed by atoms with van der Waals surface area (Å²) in [6.07, 6.45) is 14.9. The molecule has 2 heteroatoms. The van der Waals surface area contributed by atoms with Crippen LogP contribution in [-0.4, -0.2) is 24.5 Å². The van der Waals surface area contributed by atoms with Gasteiger partial charge in [0.05, 0.1) is 0 Å². The van der Waals surface area contributed by atoms with Crippen LogP contribution in [0.15, 0.2) is 84.4 Å². The zero-order valence-corrected chi connectivity index (χ0v) is 21.6. The van der Waals surface area contributed by atoms with Crippen molar-refractivity contribution in [1.82, 2.24) is 4.90 Å². The fraction of sp³-hybridized carbons (Fsp3) is 0.333. The first-order valence-electron chi connectivity index (χ1n) is 13.2. The van der Waals surface area contributed by atoms with Crippen molar-refractivity contribution in [3.63, 3.8) is 0 Å². The van der Waals surface area contributed by atoms with Crippen molar-refractivity contribution >= 4 is 30.1 Å². The summed E-state index contributed by atoms with van der Waals surface area (Å²) in [4.78, 5) is 2.70. The Hall–Kier alpha value is -2.61. The number of halogens is 1. The Morgan fingerprint density at radius 3 is 1.77 bits per heavy atom. The summed E-state index contributed by atoms with van der Waals surface area (Å²) in [6.45, 7) is 3.66. The van der Waals surface area contributed by atoms with Gasteiger partial charge >= 0.3 is 0 Å². The minimum absolute atomic E-state index is 0. The summed E-state index contributed by atoms with van der Waals surface area (Å²) in [5, 5.41) is 0. The molecule has 3 aromatic carbocycles. The lowest BCUT2D eigenvalue weighted by atomic mass is 9.86. The molecule has 5 rings (SSSR count). The van der Waals surface area contributed by atoms with Crippen LogP contribution in [0.25, 0.3) is 17.7 Å². The quantitative estimate of drug-likeness (QED) is 0.226. The van der Waals surface area contributed by atoms with E-state index in [2.05, 4.69) is 95.9 Å². The third kappa shape index (κ3) is 6.54. The normalized spacial score (nSPS) is 15.2. The molecule has 0 spiro atoms. The van der Waals surface area contributed by atoms with Crippen LogP contribution < -0.4 is 0 Å². The summed E-state index contributed by atoms with van der Waals surface area (Å²) in [6, 6.07) is 28.8. The lowest BCUT2D eigenvalue weighted by Crippen LogP contribution is -2.32. The molecule has 2 aliphatic rings. The number of aryl methyl sites for hydroxylation is 1. The Balaban J connectivity index is 0.00000289. The predicted molar refractivity (Wildman–Crippen MR) is 154 cm³/mol. The number of rotatable bonds is 8. The average Bonchev–Trinajstić information content (AvgIpc) is 3.06. The first-order chi connectivity index (χ1) is 16.9. The Morgan fingerprint density at radius 2 is 1.11 bits per heavy atom. The summed E-state index contributed by atoms with van der Waals surface area (Å²) >= 11 is 0. The molecule has 1 saturated heterocycles. The molecule has 0 saturated carbocycles. The number of fused-ring (bicyclic) bond motifs is 2. The van der Waals surface area contributed by atoms with Crippen molar-refractivity contribution in [2.45, 2.75) is 51.4 Å². The molecule has 3 aromatic rings. The average molecular weight is 484 g/mol. The van der Waals surface area contributed by atoms with E-state index in [0.29, 0.717) is 0 Å². The Morgan fingerprint density at radius 1 is 0.571 bits per heavy atom. The number of nitrogens with zero attached hydrogens (tertiary/aromatic N) is 1. The maximum absolute atomic E-state index is 2.70. The summed E-state index contributed by atoms with van der Waals surface area (Å²) in [7, 11) is 0. The van der Waals surface area contributed by atoms with Gasteiger partial charge in [-0.05, 0) is 72.0 Å². The molecule has 0 aromatic heterocycles. The van der Waals surface area contributed by atoms with E-state index in [9.17, 15) is 0 Å². The van der Waals surface area contributed by atoms with Crippen LogP contribution in [0.4, 0.5) is 0 Å². The lowest BCUT2D eigenvalue weighted by molar-refractivity contribution is 0.251. The van der Waals surface area contributed by atoms with Crippen molar-refractivity contribution in [3.05, 3.63) is 112 Å². The number of hydrogen-bond acceptors (Lipinski definition) is 1. The van der Waals surface area contributed by atoms with Crippen LogP contribution in [0.3, 0.4) is 0 Å². The molecular formula is C33H38ClN. The number of likely N-dealkylation sites (tertiary alicyclic amines) is 1. The van der Waals surface area contributed by atoms with Gasteiger partial charge in [-0.3, -0.25) is 0 Å². The molecule has 0 radical (unpaired) electrons. The van der Waals surface area contributed by atoms with Crippen molar-refractivity contribution < 1.29 is 0 Å². The van der Waals surface area contributed by atoms with E-state index >= 15 is 0 Å². The maximum Gasteiger partial charge on any atom is 0.00190 e. The molecule has 1 aliphatic carbocycles. The zero-order valence-electron chi connectivity index (χ0n) is 20.8. The number of unbranched alkanes of at least 4 members (excludes halogenated alkanes) is 4. The third-order valence-electron chi connectivity index (χ3n) is 7.50. The molecule has 0 atom stereocenters. The van der Waals surface area contributed by atoms with Gasteiger partial charge in [-0.1, -0.05) is 116 Å². The molecule has 0 N–H and O–H groups in total. The summed E-state index contributed by atoms with van der Waals surface area (Å²) in [5.74, 6) is 0. The van der Waals surface area contributed by atoms with E-state index in [4.69, 9.17) is 0 Å². The molecular weight excluding hydrogens is 446 g/mol. The Bertz CT molecular complexity index is 1080. The molecule has 0 unspecified atom stereocenters. The minimum atomic E-state index is 0. The monoisotopic (exact) mass is 483 g/mol. The van der Waals surface area contributed by atoms with Crippen LogP contribution in [0, 0.1) is 0 Å². The molecule has 1 aliphatic heterocycles. The second kappa shape index (κ2) is 12.9. The second-order valence-electron chi connectivity index (χ2n) is 9.83. The van der Waals surface area contributed by atoms with Crippen molar-refractivity contribution in [2.24, 2.45) is 0 Å². The zero-order chi connectivity index (χ0) is 23.0. The van der Waals surface area contributed by atoms with Crippen LogP contribution in [0.1, 0.15) is 72.8 Å². The topological polar surface area (TPSA) is 3.24 Å². The highest BCUT2D eigenvalue weighted by Crippen LogP contribution is 2.38. The number of hydrogen-bond donors (Lipinski definition) is 0. The number of benzene rings is 3. The fourth-order valence-electron chi connectivity index (χ4n) is 5.58. The first-order valence-corrected chi connectivity index (χ1v) is 13.2. The molecule has 35 heavy (non-hydrogen) atoms. The van der Waals surface area contributed by atoms with Gasteiger partial charge < -0.3 is 4.90 Å². The van der Waals surface area contributed by atoms with Gasteiger partial charge in [-0.2, -0.15) is 0 Å². The van der Waals surface area contributed by atoms with Crippen LogP contribution in [0.2, 0.25) is 0 Å². The molecule has 0 bridgehead atoms. The van der Waals surface area contributed by atoms with Crippen molar-refractivity contribution in [2.75, 3.05) is 19.6 Å². The van der Waals surface area contributed by atoms with Gasteiger partial charge in [0.25, 0.3) is 0 Å². The van der Waals surface area contributed by atoms with Gasteiger partial charge in [0.15, 0.2) is 0 Å². The van der Waals surface area contributed by atoms with Gasteiger partial charge in [0.1, 0.15) is 0 Å². The molecule has 0 amide bonds. The SMILES string of the molecule is C1=Cc2ccccc2C(=C2CCN(CCCCCCCc3ccccc3)CC2)c2ccccc21.Cl. The second-order valence-corrected chi connectivity index (χ2v) is 9.83. The van der Waals surface area contributed by atoms with Crippen molar-refractivity contribution in [1.29, 1.82) is 0 Å². The molecule has 182 valence electrons. The van der Waals surface area contributed by atoms with E-state index in [1.807, 2.05) is 0 Å².